The van der Waals surface area contributed by atoms with E-state index in [1.165, 1.54) is 0 Å². The number of nitrogens with one attached hydrogen (secondary N) is 1. The van der Waals surface area contributed by atoms with Crippen LogP contribution in [0.15, 0.2) is 42.7 Å². The van der Waals surface area contributed by atoms with E-state index in [9.17, 15) is 4.79 Å². The molecule has 1 amide bonds. The molecule has 3 rings (SSSR count). The van der Waals surface area contributed by atoms with E-state index in [2.05, 4.69) is 10.4 Å². The number of rotatable bonds is 5. The summed E-state index contributed by atoms with van der Waals surface area (Å²) in [5.41, 5.74) is 7.57. The zero-order chi connectivity index (χ0) is 15.4. The van der Waals surface area contributed by atoms with Crippen molar-refractivity contribution in [2.45, 2.75) is 37.6 Å². The molecule has 0 unspecified atom stereocenters. The van der Waals surface area contributed by atoms with Crippen LogP contribution >= 0.6 is 0 Å². The van der Waals surface area contributed by atoms with Crippen LogP contribution in [-0.2, 0) is 11.2 Å². The standard InChI is InChI=1S/C17H22N4O/c18-13-17(8-4-5-9-17)20-16(22)10-14-11-19-21(12-14)15-6-2-1-3-7-15/h1-3,6-7,11-12H,4-5,8-10,13,18H2,(H,20,22). The molecule has 22 heavy (non-hydrogen) atoms. The second kappa shape index (κ2) is 6.32. The maximum atomic E-state index is 12.3. The van der Waals surface area contributed by atoms with E-state index in [1.807, 2.05) is 36.5 Å². The van der Waals surface area contributed by atoms with Crippen LogP contribution in [-0.4, -0.2) is 27.8 Å². The molecule has 1 aliphatic carbocycles. The van der Waals surface area contributed by atoms with Gasteiger partial charge in [-0.05, 0) is 30.5 Å². The highest BCUT2D eigenvalue weighted by molar-refractivity contribution is 5.79. The lowest BCUT2D eigenvalue weighted by Gasteiger charge is -2.28. The Morgan fingerprint density at radius 3 is 2.68 bits per heavy atom. The second-order valence-electron chi connectivity index (χ2n) is 6.05. The van der Waals surface area contributed by atoms with E-state index >= 15 is 0 Å². The summed E-state index contributed by atoms with van der Waals surface area (Å²) in [6.07, 6.45) is 8.24. The van der Waals surface area contributed by atoms with Gasteiger partial charge in [0, 0.05) is 12.7 Å². The smallest absolute Gasteiger partial charge is 0.225 e. The number of nitrogens with two attached hydrogens (primary N) is 1. The van der Waals surface area contributed by atoms with Gasteiger partial charge in [0.05, 0.1) is 23.8 Å². The van der Waals surface area contributed by atoms with Gasteiger partial charge < -0.3 is 11.1 Å². The molecule has 2 aromatic rings. The summed E-state index contributed by atoms with van der Waals surface area (Å²) < 4.78 is 1.79. The summed E-state index contributed by atoms with van der Waals surface area (Å²) in [5, 5.41) is 7.46. The summed E-state index contributed by atoms with van der Waals surface area (Å²) in [4.78, 5) is 12.3. The topological polar surface area (TPSA) is 72.9 Å². The molecule has 1 saturated carbocycles. The number of nitrogens with zero attached hydrogens (tertiary/aromatic N) is 2. The van der Waals surface area contributed by atoms with Crippen LogP contribution in [0.25, 0.3) is 5.69 Å². The normalized spacial score (nSPS) is 16.6. The Hall–Kier alpha value is -2.14. The quantitative estimate of drug-likeness (QED) is 0.884. The van der Waals surface area contributed by atoms with Gasteiger partial charge in [0.2, 0.25) is 5.91 Å². The minimum Gasteiger partial charge on any atom is -0.349 e. The van der Waals surface area contributed by atoms with E-state index < -0.39 is 0 Å². The molecule has 0 bridgehead atoms. The van der Waals surface area contributed by atoms with Crippen LogP contribution in [0.1, 0.15) is 31.2 Å². The van der Waals surface area contributed by atoms with Gasteiger partial charge in [-0.2, -0.15) is 5.10 Å². The Labute approximate surface area is 130 Å². The third kappa shape index (κ3) is 3.20. The van der Waals surface area contributed by atoms with Gasteiger partial charge in [0.25, 0.3) is 0 Å². The Balaban J connectivity index is 1.64. The number of hydrogen-bond acceptors (Lipinski definition) is 3. The fourth-order valence-electron chi connectivity index (χ4n) is 3.13. The Kier molecular flexibility index (Phi) is 4.24. The fourth-order valence-corrected chi connectivity index (χ4v) is 3.13. The van der Waals surface area contributed by atoms with Crippen LogP contribution in [0.2, 0.25) is 0 Å². The molecule has 0 saturated heterocycles. The summed E-state index contributed by atoms with van der Waals surface area (Å²) in [5.74, 6) is 0.0277. The third-order valence-corrected chi connectivity index (χ3v) is 4.38. The van der Waals surface area contributed by atoms with Gasteiger partial charge in [-0.25, -0.2) is 4.68 Å². The van der Waals surface area contributed by atoms with Crippen molar-refractivity contribution >= 4 is 5.91 Å². The van der Waals surface area contributed by atoms with Crippen LogP contribution < -0.4 is 11.1 Å². The molecule has 1 fully saturated rings. The van der Waals surface area contributed by atoms with Crippen LogP contribution in [0.4, 0.5) is 0 Å². The van der Waals surface area contributed by atoms with Crippen molar-refractivity contribution in [3.63, 3.8) is 0 Å². The molecule has 0 aliphatic heterocycles. The first-order valence-corrected chi connectivity index (χ1v) is 7.81. The summed E-state index contributed by atoms with van der Waals surface area (Å²) in [6.45, 7) is 0.516. The van der Waals surface area contributed by atoms with Crippen molar-refractivity contribution in [3.8, 4) is 5.69 Å². The molecule has 116 valence electrons. The SMILES string of the molecule is NCC1(NC(=O)Cc2cnn(-c3ccccc3)c2)CCCC1. The van der Waals surface area contributed by atoms with E-state index in [4.69, 9.17) is 5.73 Å². The molecule has 1 heterocycles. The molecule has 0 radical (unpaired) electrons. The molecular weight excluding hydrogens is 276 g/mol. The average molecular weight is 298 g/mol. The lowest BCUT2D eigenvalue weighted by atomic mass is 9.97. The predicted molar refractivity (Wildman–Crippen MR) is 85.7 cm³/mol. The number of amides is 1. The first-order chi connectivity index (χ1) is 10.7. The zero-order valence-corrected chi connectivity index (χ0v) is 12.7. The summed E-state index contributed by atoms with van der Waals surface area (Å²) >= 11 is 0. The van der Waals surface area contributed by atoms with E-state index in [0.717, 1.165) is 36.9 Å². The first kappa shape index (κ1) is 14.8. The van der Waals surface area contributed by atoms with Gasteiger partial charge >= 0.3 is 0 Å². The van der Waals surface area contributed by atoms with E-state index in [-0.39, 0.29) is 11.4 Å². The van der Waals surface area contributed by atoms with Crippen molar-refractivity contribution in [2.24, 2.45) is 5.73 Å². The first-order valence-electron chi connectivity index (χ1n) is 7.81. The maximum absolute atomic E-state index is 12.3. The largest absolute Gasteiger partial charge is 0.349 e. The highest BCUT2D eigenvalue weighted by Crippen LogP contribution is 2.28. The third-order valence-electron chi connectivity index (χ3n) is 4.38. The van der Waals surface area contributed by atoms with Crippen LogP contribution in [0.5, 0.6) is 0 Å². The van der Waals surface area contributed by atoms with Gasteiger partial charge in [0.1, 0.15) is 0 Å². The number of benzene rings is 1. The molecule has 1 aromatic carbocycles. The molecular formula is C17H22N4O. The molecule has 0 spiro atoms. The Morgan fingerprint density at radius 2 is 2.00 bits per heavy atom. The number of aromatic nitrogens is 2. The van der Waals surface area contributed by atoms with Gasteiger partial charge in [-0.1, -0.05) is 31.0 Å². The lowest BCUT2D eigenvalue weighted by Crippen LogP contribution is -2.52. The number of carbonyl (C=O) groups excluding carboxylic acids is 1. The molecule has 5 nitrogen and oxygen atoms in total. The maximum Gasteiger partial charge on any atom is 0.225 e. The molecule has 1 aliphatic rings. The van der Waals surface area contributed by atoms with Crippen LogP contribution in [0.3, 0.4) is 0 Å². The minimum absolute atomic E-state index is 0.0277. The molecule has 5 heteroatoms. The second-order valence-corrected chi connectivity index (χ2v) is 6.05. The molecule has 0 atom stereocenters. The Morgan fingerprint density at radius 1 is 1.27 bits per heavy atom. The fraction of sp³-hybridized carbons (Fsp3) is 0.412. The highest BCUT2D eigenvalue weighted by Gasteiger charge is 2.33. The average Bonchev–Trinajstić information content (AvgIpc) is 3.18. The van der Waals surface area contributed by atoms with Crippen molar-refractivity contribution in [3.05, 3.63) is 48.3 Å². The number of hydrogen-bond donors (Lipinski definition) is 2. The van der Waals surface area contributed by atoms with Crippen molar-refractivity contribution in [2.75, 3.05) is 6.54 Å². The van der Waals surface area contributed by atoms with Gasteiger partial charge in [0.15, 0.2) is 0 Å². The monoisotopic (exact) mass is 298 g/mol. The van der Waals surface area contributed by atoms with Crippen molar-refractivity contribution in [1.29, 1.82) is 0 Å². The van der Waals surface area contributed by atoms with E-state index in [1.54, 1.807) is 10.9 Å². The molecule has 1 aromatic heterocycles. The highest BCUT2D eigenvalue weighted by atomic mass is 16.1. The van der Waals surface area contributed by atoms with Crippen LogP contribution in [0, 0.1) is 0 Å². The number of carbonyl (C=O) groups is 1. The van der Waals surface area contributed by atoms with Gasteiger partial charge in [-0.3, -0.25) is 4.79 Å². The van der Waals surface area contributed by atoms with E-state index in [0.29, 0.717) is 13.0 Å². The summed E-state index contributed by atoms with van der Waals surface area (Å²) in [7, 11) is 0. The zero-order valence-electron chi connectivity index (χ0n) is 12.7. The molecule has 3 N–H and O–H groups in total. The Bertz CT molecular complexity index is 629. The summed E-state index contributed by atoms with van der Waals surface area (Å²) in [6, 6.07) is 9.87. The number of para-hydroxylation sites is 1. The minimum atomic E-state index is -0.188. The lowest BCUT2D eigenvalue weighted by molar-refractivity contribution is -0.122. The van der Waals surface area contributed by atoms with Crippen molar-refractivity contribution < 1.29 is 4.79 Å². The van der Waals surface area contributed by atoms with Crippen molar-refractivity contribution in [1.82, 2.24) is 15.1 Å². The predicted octanol–water partition coefficient (Wildman–Crippen LogP) is 1.80. The van der Waals surface area contributed by atoms with Gasteiger partial charge in [-0.15, -0.1) is 0 Å².